The number of benzene rings is 2. The monoisotopic (exact) mass is 776 g/mol. The van der Waals surface area contributed by atoms with Crippen LogP contribution in [0.3, 0.4) is 0 Å². The largest absolute Gasteiger partial charge is 0.522 e. The fraction of sp³-hybridized carbons (Fsp3) is 0.512. The van der Waals surface area contributed by atoms with Crippen molar-refractivity contribution in [3.8, 4) is 29.6 Å². The Hall–Kier alpha value is -4.81. The van der Waals surface area contributed by atoms with Crippen LogP contribution < -0.4 is 9.64 Å². The lowest BCUT2D eigenvalue weighted by Gasteiger charge is -2.47. The smallest absolute Gasteiger partial charge is 0.461 e. The topological polar surface area (TPSA) is 93.2 Å². The molecule has 5 aliphatic heterocycles. The summed E-state index contributed by atoms with van der Waals surface area (Å²) in [6.07, 6.45) is 3.49. The highest BCUT2D eigenvalue weighted by molar-refractivity contribution is 6.03. The van der Waals surface area contributed by atoms with Crippen LogP contribution in [0, 0.1) is 24.0 Å². The molecule has 0 unspecified atom stereocenters. The first-order valence-electron chi connectivity index (χ1n) is 19.1. The molecule has 7 heterocycles. The molecule has 0 saturated carbocycles. The Kier molecular flexibility index (Phi) is 8.63. The number of terminal acetylenes is 1. The van der Waals surface area contributed by atoms with E-state index in [1.807, 2.05) is 30.6 Å². The van der Waals surface area contributed by atoms with Gasteiger partial charge in [-0.1, -0.05) is 30.2 Å². The summed E-state index contributed by atoms with van der Waals surface area (Å²) in [5.74, 6) is 1.45. The first-order chi connectivity index (χ1) is 26.6. The second-order valence-electron chi connectivity index (χ2n) is 16.6. The van der Waals surface area contributed by atoms with Crippen LogP contribution in [0.2, 0.25) is 0 Å². The van der Waals surface area contributed by atoms with E-state index >= 15 is 8.78 Å². The van der Waals surface area contributed by atoms with Crippen molar-refractivity contribution in [2.24, 2.45) is 0 Å². The Balaban J connectivity index is 1.17. The zero-order valence-electron chi connectivity index (χ0n) is 31.3. The van der Waals surface area contributed by atoms with Crippen LogP contribution in [0.5, 0.6) is 6.01 Å². The third-order valence-corrected chi connectivity index (χ3v) is 12.1. The van der Waals surface area contributed by atoms with E-state index in [2.05, 4.69) is 20.5 Å². The molecule has 0 aliphatic carbocycles. The van der Waals surface area contributed by atoms with Crippen molar-refractivity contribution in [2.45, 2.75) is 107 Å². The van der Waals surface area contributed by atoms with E-state index in [1.54, 1.807) is 24.3 Å². The Labute approximate surface area is 320 Å². The van der Waals surface area contributed by atoms with Crippen LogP contribution in [-0.2, 0) is 15.9 Å². The minimum atomic E-state index is -4.77. The van der Waals surface area contributed by atoms with Crippen LogP contribution in [0.1, 0.15) is 70.6 Å². The second-order valence-corrected chi connectivity index (χ2v) is 16.6. The maximum absolute atomic E-state index is 17.4. The third kappa shape index (κ3) is 6.16. The number of amides is 1. The molecule has 4 saturated heterocycles. The van der Waals surface area contributed by atoms with Gasteiger partial charge in [0, 0.05) is 24.0 Å². The number of rotatable bonds is 5. The molecule has 294 valence electrons. The van der Waals surface area contributed by atoms with Gasteiger partial charge in [-0.2, -0.15) is 9.97 Å². The van der Waals surface area contributed by atoms with Crippen LogP contribution in [0.15, 0.2) is 30.3 Å². The van der Waals surface area contributed by atoms with E-state index in [0.29, 0.717) is 65.6 Å². The summed E-state index contributed by atoms with van der Waals surface area (Å²) in [6, 6.07) is 7.23. The average molecular weight is 777 g/mol. The lowest BCUT2D eigenvalue weighted by atomic mass is 9.94. The minimum Gasteiger partial charge on any atom is -0.461 e. The number of hydrogen-bond acceptors (Lipinski definition) is 9. The van der Waals surface area contributed by atoms with Gasteiger partial charge >= 0.3 is 18.5 Å². The number of hydrogen-bond donors (Lipinski definition) is 0. The number of carbonyl (C=O) groups is 1. The molecule has 1 amide bonds. The first kappa shape index (κ1) is 36.8. The molecule has 2 aromatic carbocycles. The lowest BCUT2D eigenvalue weighted by molar-refractivity contribution is -0.340. The lowest BCUT2D eigenvalue weighted by Crippen LogP contribution is -2.62. The van der Waals surface area contributed by atoms with E-state index < -0.39 is 35.2 Å². The van der Waals surface area contributed by atoms with Gasteiger partial charge in [0.15, 0.2) is 5.82 Å². The Morgan fingerprint density at radius 3 is 2.61 bits per heavy atom. The van der Waals surface area contributed by atoms with E-state index in [9.17, 15) is 18.0 Å². The van der Waals surface area contributed by atoms with Crippen molar-refractivity contribution in [1.29, 1.82) is 0 Å². The molecule has 9 rings (SSSR count). The molecule has 2 bridgehead atoms. The van der Waals surface area contributed by atoms with Crippen LogP contribution in [0.4, 0.5) is 32.6 Å². The Bertz CT molecular complexity index is 2310. The maximum atomic E-state index is 17.4. The fourth-order valence-electron chi connectivity index (χ4n) is 9.98. The number of halogens is 5. The summed E-state index contributed by atoms with van der Waals surface area (Å²) in [6.45, 7) is 6.57. The van der Waals surface area contributed by atoms with Gasteiger partial charge in [-0.15, -0.1) is 19.6 Å². The zero-order valence-corrected chi connectivity index (χ0v) is 31.3. The van der Waals surface area contributed by atoms with Crippen LogP contribution >= 0.6 is 0 Å². The highest BCUT2D eigenvalue weighted by Gasteiger charge is 2.53. The number of aromatic nitrogens is 3. The molecule has 15 heteroatoms. The van der Waals surface area contributed by atoms with Gasteiger partial charge in [0.1, 0.15) is 35.1 Å². The average Bonchev–Trinajstić information content (AvgIpc) is 3.74. The van der Waals surface area contributed by atoms with Gasteiger partial charge < -0.3 is 14.4 Å². The Morgan fingerprint density at radius 1 is 1.02 bits per heavy atom. The molecule has 56 heavy (non-hydrogen) atoms. The summed E-state index contributed by atoms with van der Waals surface area (Å²) in [5, 5.41) is 1.36. The third-order valence-electron chi connectivity index (χ3n) is 12.1. The second kappa shape index (κ2) is 13.1. The van der Waals surface area contributed by atoms with Crippen LogP contribution in [-0.4, -0.2) is 98.8 Å². The number of ether oxygens (including phenoxy) is 3. The molecular weight excluding hydrogens is 735 g/mol. The SMILES string of the molecule is C#Cc1c(F)ccc2cccc(-c3nc4c5c(nc(OC[C@]67CCCN6C[C@@H](OC(F)(F)F)C7)nc5c3F)N3C[C@H]5CC[C@@H]([C@H]3CC4)N5C(=O)OC(C)(C)C)c12. The number of piperazine rings is 1. The maximum Gasteiger partial charge on any atom is 0.522 e. The summed E-state index contributed by atoms with van der Waals surface area (Å²) in [4.78, 5) is 34.0. The number of alkyl halides is 3. The summed E-state index contributed by atoms with van der Waals surface area (Å²) in [7, 11) is 0. The molecule has 0 radical (unpaired) electrons. The number of nitrogens with zero attached hydrogens (tertiary/aromatic N) is 6. The van der Waals surface area contributed by atoms with Gasteiger partial charge in [0.05, 0.1) is 46.4 Å². The van der Waals surface area contributed by atoms with Crippen LogP contribution in [0.25, 0.3) is 32.9 Å². The van der Waals surface area contributed by atoms with Gasteiger partial charge in [0.25, 0.3) is 0 Å². The molecule has 4 aromatic rings. The first-order valence-corrected chi connectivity index (χ1v) is 19.1. The number of fused-ring (bicyclic) bond motifs is 7. The highest BCUT2D eigenvalue weighted by Crippen LogP contribution is 2.46. The highest BCUT2D eigenvalue weighted by atomic mass is 19.4. The normalized spacial score (nSPS) is 26.0. The molecule has 5 aliphatic rings. The summed E-state index contributed by atoms with van der Waals surface area (Å²) >= 11 is 0. The predicted molar refractivity (Wildman–Crippen MR) is 197 cm³/mol. The van der Waals surface area contributed by atoms with Crippen molar-refractivity contribution >= 4 is 33.6 Å². The molecule has 0 N–H and O–H groups in total. The molecule has 10 nitrogen and oxygen atoms in total. The van der Waals surface area contributed by atoms with Crippen molar-refractivity contribution in [2.75, 3.05) is 31.1 Å². The summed E-state index contributed by atoms with van der Waals surface area (Å²) in [5.41, 5.74) is -0.720. The fourth-order valence-corrected chi connectivity index (χ4v) is 9.98. The van der Waals surface area contributed by atoms with Crippen molar-refractivity contribution in [3.05, 3.63) is 53.2 Å². The van der Waals surface area contributed by atoms with Crippen molar-refractivity contribution in [1.82, 2.24) is 24.8 Å². The van der Waals surface area contributed by atoms with Gasteiger partial charge in [-0.25, -0.2) is 18.6 Å². The number of aryl methyl sites for hydroxylation is 1. The predicted octanol–water partition coefficient (Wildman–Crippen LogP) is 7.53. The minimum absolute atomic E-state index is 0.0159. The zero-order chi connectivity index (χ0) is 39.3. The standard InChI is InChI=1S/C41H41F5N6O4/c1-5-25-27(42)12-10-22-8-6-9-26(31(22)25)34-33(43)35-32-28(47-34)13-15-29-30-14-11-23(52(30)38(53)56-39(2,3)4)19-51(29)36(32)49-37(48-35)54-21-40-16-7-17-50(40)20-24(18-40)55-41(44,45)46/h1,6,8-10,12,23-24,29-30H,7,11,13-21H2,2-4H3/t23-,24+,29-,30+,40-/m1/s1. The Morgan fingerprint density at radius 2 is 1.84 bits per heavy atom. The number of carbonyl (C=O) groups excluding carboxylic acids is 1. The molecule has 0 spiro atoms. The summed E-state index contributed by atoms with van der Waals surface area (Å²) < 4.78 is 88.8. The van der Waals surface area contributed by atoms with Gasteiger partial charge in [-0.3, -0.25) is 14.5 Å². The van der Waals surface area contributed by atoms with E-state index in [-0.39, 0.29) is 66.6 Å². The van der Waals surface area contributed by atoms with Gasteiger partial charge in [0.2, 0.25) is 0 Å². The van der Waals surface area contributed by atoms with Crippen molar-refractivity contribution in [3.63, 3.8) is 0 Å². The molecule has 5 atom stereocenters. The molecule has 4 fully saturated rings. The van der Waals surface area contributed by atoms with E-state index in [4.69, 9.17) is 25.9 Å². The van der Waals surface area contributed by atoms with E-state index in [0.717, 1.165) is 19.3 Å². The van der Waals surface area contributed by atoms with Crippen molar-refractivity contribution < 1.29 is 41.0 Å². The molecule has 2 aromatic heterocycles. The number of anilines is 1. The van der Waals surface area contributed by atoms with Gasteiger partial charge in [-0.05, 0) is 83.7 Å². The number of pyridine rings is 1. The quantitative estimate of drug-likeness (QED) is 0.151. The molecular formula is C41H41F5N6O4. The van der Waals surface area contributed by atoms with E-state index in [1.165, 1.54) is 6.07 Å².